The average Bonchev–Trinajstić information content (AvgIpc) is 2.30. The van der Waals surface area contributed by atoms with Crippen molar-refractivity contribution in [1.82, 2.24) is 0 Å². The number of rotatable bonds is 2. The van der Waals surface area contributed by atoms with Gasteiger partial charge in [0.2, 0.25) is 0 Å². The molecule has 0 radical (unpaired) electrons. The molecule has 0 saturated heterocycles. The highest BCUT2D eigenvalue weighted by atomic mass is 35.5. The quantitative estimate of drug-likeness (QED) is 0.862. The lowest BCUT2D eigenvalue weighted by atomic mass is 9.99. The molecule has 0 amide bonds. The second-order valence-corrected chi connectivity index (χ2v) is 4.53. The molecule has 4 heteroatoms. The van der Waals surface area contributed by atoms with Crippen LogP contribution in [0, 0.1) is 11.6 Å². The smallest absolute Gasteiger partial charge is 0.132 e. The molecule has 1 atom stereocenters. The lowest BCUT2D eigenvalue weighted by Gasteiger charge is -2.11. The van der Waals surface area contributed by atoms with Crippen molar-refractivity contribution in [1.29, 1.82) is 0 Å². The molecule has 1 unspecified atom stereocenters. The minimum atomic E-state index is -0.553. The molecule has 2 aromatic carbocycles. The molecule has 0 aromatic heterocycles. The van der Waals surface area contributed by atoms with E-state index < -0.39 is 11.6 Å². The maximum atomic E-state index is 13.8. The molecule has 0 aliphatic carbocycles. The van der Waals surface area contributed by atoms with Crippen molar-refractivity contribution in [3.8, 4) is 11.1 Å². The fraction of sp³-hybridized carbons (Fsp3) is 0.143. The first-order valence-corrected chi connectivity index (χ1v) is 5.88. The normalized spacial score (nSPS) is 12.5. The predicted molar refractivity (Wildman–Crippen MR) is 69.4 cm³/mol. The van der Waals surface area contributed by atoms with Gasteiger partial charge >= 0.3 is 0 Å². The van der Waals surface area contributed by atoms with Gasteiger partial charge in [-0.3, -0.25) is 0 Å². The van der Waals surface area contributed by atoms with Crippen molar-refractivity contribution in [3.05, 3.63) is 58.6 Å². The van der Waals surface area contributed by atoms with Gasteiger partial charge in [0.25, 0.3) is 0 Å². The van der Waals surface area contributed by atoms with E-state index in [4.69, 9.17) is 17.3 Å². The Morgan fingerprint density at radius 2 is 1.83 bits per heavy atom. The number of nitrogens with two attached hydrogens (primary N) is 1. The zero-order valence-corrected chi connectivity index (χ0v) is 10.5. The molecule has 0 aliphatic rings. The van der Waals surface area contributed by atoms with Crippen molar-refractivity contribution < 1.29 is 8.78 Å². The third kappa shape index (κ3) is 2.37. The summed E-state index contributed by atoms with van der Waals surface area (Å²) in [6.07, 6.45) is 0. The van der Waals surface area contributed by atoms with Crippen LogP contribution in [0.2, 0.25) is 5.02 Å². The van der Waals surface area contributed by atoms with E-state index in [1.54, 1.807) is 13.0 Å². The second kappa shape index (κ2) is 5.04. The van der Waals surface area contributed by atoms with Gasteiger partial charge in [-0.25, -0.2) is 8.78 Å². The van der Waals surface area contributed by atoms with Gasteiger partial charge in [-0.15, -0.1) is 0 Å². The Labute approximate surface area is 109 Å². The molecule has 2 aromatic rings. The van der Waals surface area contributed by atoms with Crippen LogP contribution in [0.4, 0.5) is 8.78 Å². The number of hydrogen-bond donors (Lipinski definition) is 1. The molecule has 0 heterocycles. The van der Waals surface area contributed by atoms with Gasteiger partial charge in [0.15, 0.2) is 0 Å². The van der Waals surface area contributed by atoms with E-state index in [0.29, 0.717) is 0 Å². The van der Waals surface area contributed by atoms with E-state index >= 15 is 0 Å². The lowest BCUT2D eigenvalue weighted by Crippen LogP contribution is -2.05. The highest BCUT2D eigenvalue weighted by molar-refractivity contribution is 6.33. The Morgan fingerprint density at radius 3 is 2.44 bits per heavy atom. The van der Waals surface area contributed by atoms with E-state index in [0.717, 1.165) is 5.56 Å². The van der Waals surface area contributed by atoms with Gasteiger partial charge in [-0.05, 0) is 36.8 Å². The average molecular weight is 268 g/mol. The monoisotopic (exact) mass is 267 g/mol. The summed E-state index contributed by atoms with van der Waals surface area (Å²) < 4.78 is 27.6. The SMILES string of the molecule is CC(N)c1ccc(F)c(-c2c(F)cccc2Cl)c1. The van der Waals surface area contributed by atoms with Crippen LogP contribution in [0.1, 0.15) is 18.5 Å². The predicted octanol–water partition coefficient (Wildman–Crippen LogP) is 4.30. The molecule has 0 aliphatic heterocycles. The summed E-state index contributed by atoms with van der Waals surface area (Å²) in [5, 5.41) is 0.177. The van der Waals surface area contributed by atoms with E-state index in [2.05, 4.69) is 0 Å². The highest BCUT2D eigenvalue weighted by Gasteiger charge is 2.15. The van der Waals surface area contributed by atoms with Gasteiger partial charge in [0, 0.05) is 17.2 Å². The Balaban J connectivity index is 2.67. The van der Waals surface area contributed by atoms with Crippen LogP contribution in [0.25, 0.3) is 11.1 Å². The summed E-state index contributed by atoms with van der Waals surface area (Å²) in [4.78, 5) is 0. The second-order valence-electron chi connectivity index (χ2n) is 4.12. The molecule has 0 spiro atoms. The van der Waals surface area contributed by atoms with Crippen molar-refractivity contribution in [2.24, 2.45) is 5.73 Å². The molecule has 0 saturated carbocycles. The summed E-state index contributed by atoms with van der Waals surface area (Å²) >= 11 is 5.93. The van der Waals surface area contributed by atoms with Crippen LogP contribution >= 0.6 is 11.6 Å². The molecule has 0 fully saturated rings. The summed E-state index contributed by atoms with van der Waals surface area (Å²) in [5.74, 6) is -1.07. The summed E-state index contributed by atoms with van der Waals surface area (Å²) in [6.45, 7) is 1.78. The van der Waals surface area contributed by atoms with Crippen LogP contribution < -0.4 is 5.73 Å². The largest absolute Gasteiger partial charge is 0.324 e. The van der Waals surface area contributed by atoms with Crippen LogP contribution in [-0.4, -0.2) is 0 Å². The first-order valence-electron chi connectivity index (χ1n) is 5.50. The topological polar surface area (TPSA) is 26.0 Å². The molecular formula is C14H12ClF2N. The van der Waals surface area contributed by atoms with Gasteiger partial charge in [-0.2, -0.15) is 0 Å². The third-order valence-corrected chi connectivity index (χ3v) is 3.06. The highest BCUT2D eigenvalue weighted by Crippen LogP contribution is 2.33. The van der Waals surface area contributed by atoms with E-state index in [1.165, 1.54) is 30.3 Å². The molecular weight excluding hydrogens is 256 g/mol. The van der Waals surface area contributed by atoms with Crippen LogP contribution in [0.5, 0.6) is 0 Å². The lowest BCUT2D eigenvalue weighted by molar-refractivity contribution is 0.615. The standard InChI is InChI=1S/C14H12ClF2N/c1-8(18)9-5-6-12(16)10(7-9)14-11(15)3-2-4-13(14)17/h2-8H,18H2,1H3. The van der Waals surface area contributed by atoms with Gasteiger partial charge in [0.05, 0.1) is 5.02 Å². The van der Waals surface area contributed by atoms with E-state index in [-0.39, 0.29) is 22.2 Å². The van der Waals surface area contributed by atoms with Crippen molar-refractivity contribution in [3.63, 3.8) is 0 Å². The third-order valence-electron chi connectivity index (χ3n) is 2.75. The fourth-order valence-electron chi connectivity index (χ4n) is 1.77. The fourth-order valence-corrected chi connectivity index (χ4v) is 2.04. The Morgan fingerprint density at radius 1 is 1.11 bits per heavy atom. The maximum Gasteiger partial charge on any atom is 0.132 e. The van der Waals surface area contributed by atoms with Crippen LogP contribution in [0.3, 0.4) is 0 Å². The molecule has 1 nitrogen and oxygen atoms in total. The molecule has 2 rings (SSSR count). The zero-order valence-electron chi connectivity index (χ0n) is 9.75. The summed E-state index contributed by atoms with van der Waals surface area (Å²) in [7, 11) is 0. The van der Waals surface area contributed by atoms with E-state index in [1.807, 2.05) is 0 Å². The van der Waals surface area contributed by atoms with Gasteiger partial charge < -0.3 is 5.73 Å². The first-order chi connectivity index (χ1) is 8.50. The number of halogens is 3. The van der Waals surface area contributed by atoms with Crippen LogP contribution in [0.15, 0.2) is 36.4 Å². The van der Waals surface area contributed by atoms with Gasteiger partial charge in [-0.1, -0.05) is 23.7 Å². The van der Waals surface area contributed by atoms with Crippen molar-refractivity contribution >= 4 is 11.6 Å². The molecule has 0 bridgehead atoms. The minimum absolute atomic E-state index is 0.0687. The molecule has 94 valence electrons. The summed E-state index contributed by atoms with van der Waals surface area (Å²) in [5.41, 5.74) is 6.67. The Hall–Kier alpha value is -1.45. The maximum absolute atomic E-state index is 13.8. The first kappa shape index (κ1) is 13.0. The van der Waals surface area contributed by atoms with Crippen LogP contribution in [-0.2, 0) is 0 Å². The number of benzene rings is 2. The Kier molecular flexibility index (Phi) is 3.64. The Bertz CT molecular complexity index is 562. The minimum Gasteiger partial charge on any atom is -0.324 e. The molecule has 2 N–H and O–H groups in total. The summed E-state index contributed by atoms with van der Waals surface area (Å²) in [6, 6.07) is 8.39. The number of hydrogen-bond acceptors (Lipinski definition) is 1. The van der Waals surface area contributed by atoms with Crippen molar-refractivity contribution in [2.45, 2.75) is 13.0 Å². The molecule has 18 heavy (non-hydrogen) atoms. The zero-order chi connectivity index (χ0) is 13.3. The van der Waals surface area contributed by atoms with Crippen molar-refractivity contribution in [2.75, 3.05) is 0 Å². The van der Waals surface area contributed by atoms with Gasteiger partial charge in [0.1, 0.15) is 11.6 Å². The van der Waals surface area contributed by atoms with E-state index in [9.17, 15) is 8.78 Å².